The quantitative estimate of drug-likeness (QED) is 0.210. The van der Waals surface area contributed by atoms with Gasteiger partial charge in [0.05, 0.1) is 0 Å². The van der Waals surface area contributed by atoms with E-state index < -0.39 is 7.82 Å². The molecule has 0 aliphatic rings. The second kappa shape index (κ2) is 12.4. The molecule has 0 aliphatic heterocycles. The molecule has 1 N–H and O–H groups in total. The molecule has 0 radical (unpaired) electrons. The zero-order valence-corrected chi connectivity index (χ0v) is 20.6. The first-order chi connectivity index (χ1) is 17.1. The van der Waals surface area contributed by atoms with Gasteiger partial charge in [0.2, 0.25) is 0 Å². The van der Waals surface area contributed by atoms with Gasteiger partial charge in [-0.1, -0.05) is 97.1 Å². The zero-order valence-electron chi connectivity index (χ0n) is 19.8. The van der Waals surface area contributed by atoms with Gasteiger partial charge in [0.1, 0.15) is 11.5 Å². The molecule has 4 aromatic carbocycles. The fraction of sp³-hybridized carbons (Fsp3) is 0.200. The van der Waals surface area contributed by atoms with Gasteiger partial charge in [0, 0.05) is 0 Å². The molecule has 0 atom stereocenters. The van der Waals surface area contributed by atoms with Gasteiger partial charge in [-0.2, -0.15) is 0 Å². The molecule has 0 aromatic heterocycles. The van der Waals surface area contributed by atoms with Crippen molar-refractivity contribution in [1.29, 1.82) is 0 Å². The molecule has 0 amide bonds. The number of aryl methyl sites for hydroxylation is 4. The van der Waals surface area contributed by atoms with E-state index in [1.165, 1.54) is 11.1 Å². The van der Waals surface area contributed by atoms with Crippen LogP contribution in [0.2, 0.25) is 0 Å². The third kappa shape index (κ3) is 7.85. The molecule has 4 nitrogen and oxygen atoms in total. The first kappa shape index (κ1) is 24.8. The Morgan fingerprint density at radius 2 is 0.886 bits per heavy atom. The molecule has 0 aliphatic carbocycles. The van der Waals surface area contributed by atoms with Crippen LogP contribution in [0.4, 0.5) is 0 Å². The van der Waals surface area contributed by atoms with E-state index in [0.29, 0.717) is 11.5 Å². The van der Waals surface area contributed by atoms with Crippen molar-refractivity contribution in [1.82, 2.24) is 0 Å². The maximum absolute atomic E-state index is 13.0. The van der Waals surface area contributed by atoms with Crippen molar-refractivity contribution >= 4 is 7.82 Å². The van der Waals surface area contributed by atoms with Crippen LogP contribution in [0.3, 0.4) is 0 Å². The van der Waals surface area contributed by atoms with E-state index in [1.54, 1.807) is 24.3 Å². The molecule has 0 bridgehead atoms. The summed E-state index contributed by atoms with van der Waals surface area (Å²) in [5, 5.41) is 0. The van der Waals surface area contributed by atoms with Crippen LogP contribution in [0, 0.1) is 0 Å². The Morgan fingerprint density at radius 1 is 0.514 bits per heavy atom. The first-order valence-corrected chi connectivity index (χ1v) is 13.5. The van der Waals surface area contributed by atoms with Gasteiger partial charge in [0.15, 0.2) is 0 Å². The lowest BCUT2D eigenvalue weighted by atomic mass is 10.0. The summed E-state index contributed by atoms with van der Waals surface area (Å²) in [5.41, 5.74) is 4.31. The van der Waals surface area contributed by atoms with E-state index in [9.17, 15) is 9.46 Å². The molecule has 0 saturated heterocycles. The van der Waals surface area contributed by atoms with Crippen LogP contribution >= 0.6 is 7.82 Å². The number of benzene rings is 4. The predicted octanol–water partition coefficient (Wildman–Crippen LogP) is 7.60. The van der Waals surface area contributed by atoms with Gasteiger partial charge in [-0.3, -0.25) is 4.89 Å². The molecule has 0 heterocycles. The van der Waals surface area contributed by atoms with Crippen LogP contribution in [0.15, 0.2) is 109 Å². The van der Waals surface area contributed by atoms with E-state index in [1.807, 2.05) is 60.7 Å². The normalized spacial score (nSPS) is 11.2. The number of hydrogen-bond donors (Lipinski definition) is 1. The number of phosphoric ester groups is 1. The van der Waals surface area contributed by atoms with Crippen LogP contribution in [0.5, 0.6) is 11.5 Å². The summed E-state index contributed by atoms with van der Waals surface area (Å²) in [4.78, 5) is 10.6. The lowest BCUT2D eigenvalue weighted by molar-refractivity contribution is 0.289. The van der Waals surface area contributed by atoms with E-state index >= 15 is 0 Å². The highest BCUT2D eigenvalue weighted by Gasteiger charge is 2.27. The van der Waals surface area contributed by atoms with Crippen molar-refractivity contribution in [2.24, 2.45) is 0 Å². The molecular weight excluding hydrogens is 455 g/mol. The van der Waals surface area contributed by atoms with Gasteiger partial charge in [-0.25, -0.2) is 4.57 Å². The maximum Gasteiger partial charge on any atom is 0.584 e. The average molecular weight is 487 g/mol. The summed E-state index contributed by atoms with van der Waals surface area (Å²) in [7, 11) is -4.37. The molecule has 0 saturated carbocycles. The Hall–Kier alpha value is -3.33. The number of rotatable bonds is 12. The third-order valence-corrected chi connectivity index (χ3v) is 6.74. The molecule has 0 fully saturated rings. The van der Waals surface area contributed by atoms with Crippen LogP contribution in [0.1, 0.15) is 35.1 Å². The highest BCUT2D eigenvalue weighted by Crippen LogP contribution is 2.46. The minimum absolute atomic E-state index is 0.382. The Kier molecular flexibility index (Phi) is 8.78. The van der Waals surface area contributed by atoms with Gasteiger partial charge < -0.3 is 9.05 Å². The molecule has 0 unspecified atom stereocenters. The second-order valence-corrected chi connectivity index (χ2v) is 9.85. The summed E-state index contributed by atoms with van der Waals surface area (Å²) in [5.74, 6) is 0.765. The first-order valence-electron chi connectivity index (χ1n) is 12.0. The van der Waals surface area contributed by atoms with Gasteiger partial charge in [0.25, 0.3) is 0 Å². The maximum atomic E-state index is 13.0. The molecular formula is C30H31O4P. The smallest absolute Gasteiger partial charge is 0.395 e. The van der Waals surface area contributed by atoms with E-state index in [4.69, 9.17) is 9.05 Å². The fourth-order valence-electron chi connectivity index (χ4n) is 4.12. The minimum Gasteiger partial charge on any atom is -0.395 e. The van der Waals surface area contributed by atoms with Crippen LogP contribution in [-0.4, -0.2) is 4.89 Å². The van der Waals surface area contributed by atoms with E-state index in [2.05, 4.69) is 24.3 Å². The highest BCUT2D eigenvalue weighted by atomic mass is 31.2. The highest BCUT2D eigenvalue weighted by molar-refractivity contribution is 7.48. The number of phosphoric acid groups is 1. The van der Waals surface area contributed by atoms with Crippen molar-refractivity contribution in [3.8, 4) is 11.5 Å². The van der Waals surface area contributed by atoms with Crippen molar-refractivity contribution in [3.63, 3.8) is 0 Å². The SMILES string of the molecule is O=P(O)(Oc1ccccc1CCCc1ccccc1)Oc1ccccc1CCCc1ccccc1. The van der Waals surface area contributed by atoms with Crippen LogP contribution in [-0.2, 0) is 30.2 Å². The van der Waals surface area contributed by atoms with Gasteiger partial charge >= 0.3 is 7.82 Å². The monoisotopic (exact) mass is 486 g/mol. The summed E-state index contributed by atoms with van der Waals surface area (Å²) in [6, 6.07) is 35.3. The van der Waals surface area contributed by atoms with E-state index in [0.717, 1.165) is 49.7 Å². The summed E-state index contributed by atoms with van der Waals surface area (Å²) in [6.45, 7) is 0. The Balaban J connectivity index is 1.37. The molecule has 4 aromatic rings. The van der Waals surface area contributed by atoms with Crippen LogP contribution in [0.25, 0.3) is 0 Å². The molecule has 180 valence electrons. The standard InChI is InChI=1S/C30H31O4P/c31-35(32,33-29-23-9-7-19-27(29)21-11-17-25-13-3-1-4-14-25)34-30-24-10-8-20-28(30)22-12-18-26-15-5-2-6-16-26/h1-10,13-16,19-20,23-24H,11-12,17-18,21-22H2,(H,31,32). The Labute approximate surface area is 207 Å². The molecule has 35 heavy (non-hydrogen) atoms. The molecule has 0 spiro atoms. The largest absolute Gasteiger partial charge is 0.584 e. The van der Waals surface area contributed by atoms with Crippen LogP contribution < -0.4 is 9.05 Å². The lowest BCUT2D eigenvalue weighted by Gasteiger charge is -2.18. The predicted molar refractivity (Wildman–Crippen MR) is 141 cm³/mol. The Bertz CT molecular complexity index is 1150. The average Bonchev–Trinajstić information content (AvgIpc) is 2.87. The van der Waals surface area contributed by atoms with Crippen molar-refractivity contribution < 1.29 is 18.5 Å². The van der Waals surface area contributed by atoms with Gasteiger partial charge in [-0.05, 0) is 72.9 Å². The lowest BCUT2D eigenvalue weighted by Crippen LogP contribution is -2.04. The minimum atomic E-state index is -4.37. The third-order valence-electron chi connectivity index (χ3n) is 5.88. The van der Waals surface area contributed by atoms with Gasteiger partial charge in [-0.15, -0.1) is 0 Å². The topological polar surface area (TPSA) is 55.8 Å². The second-order valence-electron chi connectivity index (χ2n) is 8.54. The van der Waals surface area contributed by atoms with E-state index in [-0.39, 0.29) is 0 Å². The number of para-hydroxylation sites is 2. The summed E-state index contributed by atoms with van der Waals surface area (Å²) in [6.07, 6.45) is 5.15. The molecule has 5 heteroatoms. The summed E-state index contributed by atoms with van der Waals surface area (Å²) < 4.78 is 24.1. The Morgan fingerprint density at radius 3 is 1.31 bits per heavy atom. The van der Waals surface area contributed by atoms with Crippen molar-refractivity contribution in [2.45, 2.75) is 38.5 Å². The zero-order chi connectivity index (χ0) is 24.3. The summed E-state index contributed by atoms with van der Waals surface area (Å²) >= 11 is 0. The van der Waals surface area contributed by atoms with Crippen molar-refractivity contribution in [2.75, 3.05) is 0 Å². The fourth-order valence-corrected chi connectivity index (χ4v) is 5.01. The van der Waals surface area contributed by atoms with Crippen molar-refractivity contribution in [3.05, 3.63) is 131 Å². The molecule has 4 rings (SSSR count). The number of hydrogen-bond acceptors (Lipinski definition) is 3.